The Morgan fingerprint density at radius 3 is 2.92 bits per heavy atom. The number of nitrogens with zero attached hydrogens (tertiary/aromatic N) is 4. The predicted octanol–water partition coefficient (Wildman–Crippen LogP) is 2.77. The van der Waals surface area contributed by atoms with Crippen LogP contribution in [0.4, 0.5) is 5.82 Å². The van der Waals surface area contributed by atoms with Crippen LogP contribution in [-0.2, 0) is 6.54 Å². The number of hydrogen-bond acceptors (Lipinski definition) is 4. The third-order valence-corrected chi connectivity index (χ3v) is 4.95. The van der Waals surface area contributed by atoms with Crippen molar-refractivity contribution in [2.45, 2.75) is 26.4 Å². The molecule has 0 saturated heterocycles. The second-order valence-corrected chi connectivity index (χ2v) is 6.71. The van der Waals surface area contributed by atoms with Crippen LogP contribution in [0, 0.1) is 12.8 Å². The fourth-order valence-corrected chi connectivity index (χ4v) is 3.45. The Bertz CT molecular complexity index is 835. The van der Waals surface area contributed by atoms with Crippen LogP contribution in [0.15, 0.2) is 48.8 Å². The number of nitrogens with one attached hydrogen (secondary N) is 2. The van der Waals surface area contributed by atoms with Gasteiger partial charge < -0.3 is 10.6 Å². The van der Waals surface area contributed by atoms with E-state index in [0.717, 1.165) is 31.1 Å². The molecule has 0 bridgehead atoms. The Labute approximate surface area is 147 Å². The van der Waals surface area contributed by atoms with E-state index in [2.05, 4.69) is 46.8 Å². The van der Waals surface area contributed by atoms with Crippen LogP contribution in [0.3, 0.4) is 0 Å². The standard InChI is InChI=1S/C19H24N6/c1-14(20-10-16-11-21-19-8-9-22-24(19)13-16)18-12-23-25(15(18)2)17-6-4-3-5-7-17/h3-9,12,14,16,20-21H,10-11,13H2,1-2H3/t14-,16-/m0/s1. The minimum Gasteiger partial charge on any atom is -0.370 e. The molecule has 4 rings (SSSR count). The molecule has 0 spiro atoms. The van der Waals surface area contributed by atoms with Gasteiger partial charge in [-0.05, 0) is 26.0 Å². The number of benzene rings is 1. The highest BCUT2D eigenvalue weighted by atomic mass is 15.3. The molecule has 0 radical (unpaired) electrons. The third kappa shape index (κ3) is 3.17. The zero-order chi connectivity index (χ0) is 17.2. The van der Waals surface area contributed by atoms with Gasteiger partial charge in [-0.15, -0.1) is 0 Å². The van der Waals surface area contributed by atoms with Gasteiger partial charge in [-0.1, -0.05) is 18.2 Å². The highest BCUT2D eigenvalue weighted by molar-refractivity contribution is 5.36. The molecule has 2 N–H and O–H groups in total. The van der Waals surface area contributed by atoms with E-state index in [9.17, 15) is 0 Å². The molecule has 0 saturated carbocycles. The lowest BCUT2D eigenvalue weighted by atomic mass is 10.1. The van der Waals surface area contributed by atoms with Crippen molar-refractivity contribution in [1.29, 1.82) is 0 Å². The summed E-state index contributed by atoms with van der Waals surface area (Å²) in [4.78, 5) is 0. The summed E-state index contributed by atoms with van der Waals surface area (Å²) in [6.45, 7) is 7.22. The van der Waals surface area contributed by atoms with Crippen molar-refractivity contribution >= 4 is 5.82 Å². The maximum absolute atomic E-state index is 4.57. The molecule has 2 atom stereocenters. The Kier molecular flexibility index (Phi) is 4.28. The first-order chi connectivity index (χ1) is 12.2. The van der Waals surface area contributed by atoms with Crippen molar-refractivity contribution in [3.05, 3.63) is 60.0 Å². The van der Waals surface area contributed by atoms with Crippen LogP contribution in [0.1, 0.15) is 24.2 Å². The third-order valence-electron chi connectivity index (χ3n) is 4.95. The molecule has 0 amide bonds. The van der Waals surface area contributed by atoms with Crippen molar-refractivity contribution in [2.24, 2.45) is 5.92 Å². The fraction of sp³-hybridized carbons (Fsp3) is 0.368. The Morgan fingerprint density at radius 2 is 2.08 bits per heavy atom. The van der Waals surface area contributed by atoms with E-state index in [1.54, 1.807) is 0 Å². The summed E-state index contributed by atoms with van der Waals surface area (Å²) < 4.78 is 4.05. The highest BCUT2D eigenvalue weighted by Gasteiger charge is 2.20. The van der Waals surface area contributed by atoms with Gasteiger partial charge in [0.2, 0.25) is 0 Å². The Hall–Kier alpha value is -2.60. The molecular formula is C19H24N6. The number of aromatic nitrogens is 4. The normalized spacial score (nSPS) is 17.8. The second kappa shape index (κ2) is 6.72. The van der Waals surface area contributed by atoms with Gasteiger partial charge in [0, 0.05) is 48.9 Å². The van der Waals surface area contributed by atoms with E-state index in [1.165, 1.54) is 11.3 Å². The molecule has 0 fully saturated rings. The largest absolute Gasteiger partial charge is 0.370 e. The minimum atomic E-state index is 0.261. The Balaban J connectivity index is 1.40. The molecule has 1 aromatic carbocycles. The average molecular weight is 336 g/mol. The van der Waals surface area contributed by atoms with E-state index < -0.39 is 0 Å². The summed E-state index contributed by atoms with van der Waals surface area (Å²) in [7, 11) is 0. The maximum atomic E-state index is 4.57. The van der Waals surface area contributed by atoms with Crippen LogP contribution in [0.5, 0.6) is 0 Å². The number of para-hydroxylation sites is 1. The quantitative estimate of drug-likeness (QED) is 0.752. The first kappa shape index (κ1) is 15.9. The molecule has 25 heavy (non-hydrogen) atoms. The van der Waals surface area contributed by atoms with Gasteiger partial charge in [-0.3, -0.25) is 0 Å². The predicted molar refractivity (Wildman–Crippen MR) is 98.9 cm³/mol. The summed E-state index contributed by atoms with van der Waals surface area (Å²) in [5.41, 5.74) is 3.52. The molecular weight excluding hydrogens is 312 g/mol. The summed E-state index contributed by atoms with van der Waals surface area (Å²) in [6.07, 6.45) is 3.83. The number of hydrogen-bond donors (Lipinski definition) is 2. The zero-order valence-corrected chi connectivity index (χ0v) is 14.7. The number of rotatable bonds is 5. The van der Waals surface area contributed by atoms with Gasteiger partial charge in [0.25, 0.3) is 0 Å². The zero-order valence-electron chi connectivity index (χ0n) is 14.7. The number of anilines is 1. The van der Waals surface area contributed by atoms with E-state index in [0.29, 0.717) is 5.92 Å². The van der Waals surface area contributed by atoms with Crippen LogP contribution in [0.25, 0.3) is 5.69 Å². The van der Waals surface area contributed by atoms with Gasteiger partial charge in [0.1, 0.15) is 5.82 Å². The highest BCUT2D eigenvalue weighted by Crippen LogP contribution is 2.21. The van der Waals surface area contributed by atoms with Crippen molar-refractivity contribution in [3.8, 4) is 5.69 Å². The first-order valence-electron chi connectivity index (χ1n) is 8.81. The molecule has 0 aliphatic carbocycles. The molecule has 6 heteroatoms. The van der Waals surface area contributed by atoms with Crippen molar-refractivity contribution in [2.75, 3.05) is 18.4 Å². The summed E-state index contributed by atoms with van der Waals surface area (Å²) in [5.74, 6) is 1.64. The average Bonchev–Trinajstić information content (AvgIpc) is 3.26. The van der Waals surface area contributed by atoms with Crippen molar-refractivity contribution in [3.63, 3.8) is 0 Å². The van der Waals surface area contributed by atoms with E-state index >= 15 is 0 Å². The topological polar surface area (TPSA) is 59.7 Å². The van der Waals surface area contributed by atoms with Crippen molar-refractivity contribution < 1.29 is 0 Å². The van der Waals surface area contributed by atoms with Gasteiger partial charge >= 0.3 is 0 Å². The lowest BCUT2D eigenvalue weighted by Crippen LogP contribution is -2.36. The SMILES string of the molecule is Cc1c([C@H](C)NC[C@H]2CNc3ccnn3C2)cnn1-c1ccccc1. The Morgan fingerprint density at radius 1 is 1.24 bits per heavy atom. The minimum absolute atomic E-state index is 0.261. The van der Waals surface area contributed by atoms with E-state index in [-0.39, 0.29) is 6.04 Å². The summed E-state index contributed by atoms with van der Waals surface area (Å²) in [5, 5.41) is 16.0. The smallest absolute Gasteiger partial charge is 0.124 e. The second-order valence-electron chi connectivity index (χ2n) is 6.71. The van der Waals surface area contributed by atoms with Gasteiger partial charge in [0.15, 0.2) is 0 Å². The molecule has 1 aliphatic rings. The first-order valence-corrected chi connectivity index (χ1v) is 8.81. The fourth-order valence-electron chi connectivity index (χ4n) is 3.45. The lowest BCUT2D eigenvalue weighted by molar-refractivity contribution is 0.376. The van der Waals surface area contributed by atoms with Gasteiger partial charge in [0.05, 0.1) is 18.1 Å². The molecule has 130 valence electrons. The molecule has 0 unspecified atom stereocenters. The van der Waals surface area contributed by atoms with Crippen LogP contribution >= 0.6 is 0 Å². The molecule has 1 aliphatic heterocycles. The van der Waals surface area contributed by atoms with E-state index in [4.69, 9.17) is 0 Å². The van der Waals surface area contributed by atoms with Crippen LogP contribution in [0.2, 0.25) is 0 Å². The summed E-state index contributed by atoms with van der Waals surface area (Å²) in [6, 6.07) is 12.5. The molecule has 3 aromatic rings. The monoisotopic (exact) mass is 336 g/mol. The van der Waals surface area contributed by atoms with Crippen molar-refractivity contribution in [1.82, 2.24) is 24.9 Å². The molecule has 2 aromatic heterocycles. The number of fused-ring (bicyclic) bond motifs is 1. The van der Waals surface area contributed by atoms with Crippen LogP contribution in [-0.4, -0.2) is 32.7 Å². The van der Waals surface area contributed by atoms with Crippen LogP contribution < -0.4 is 10.6 Å². The molecule has 3 heterocycles. The van der Waals surface area contributed by atoms with E-state index in [1.807, 2.05) is 46.0 Å². The maximum Gasteiger partial charge on any atom is 0.124 e. The molecule has 6 nitrogen and oxygen atoms in total. The lowest BCUT2D eigenvalue weighted by Gasteiger charge is -2.26. The van der Waals surface area contributed by atoms with Gasteiger partial charge in [-0.25, -0.2) is 9.36 Å². The van der Waals surface area contributed by atoms with Gasteiger partial charge in [-0.2, -0.15) is 10.2 Å². The summed E-state index contributed by atoms with van der Waals surface area (Å²) >= 11 is 0.